The number of anilines is 2. The summed E-state index contributed by atoms with van der Waals surface area (Å²) in [5.41, 5.74) is 3.30. The molecule has 3 rings (SSSR count). The Morgan fingerprint density at radius 2 is 1.73 bits per heavy atom. The lowest BCUT2D eigenvalue weighted by Gasteiger charge is -2.29. The van der Waals surface area contributed by atoms with Crippen LogP contribution in [0.3, 0.4) is 0 Å². The average Bonchev–Trinajstić information content (AvgIpc) is 2.67. The van der Waals surface area contributed by atoms with Crippen LogP contribution >= 0.6 is 23.2 Å². The van der Waals surface area contributed by atoms with Crippen molar-refractivity contribution >= 4 is 34.6 Å². The van der Waals surface area contributed by atoms with Crippen molar-refractivity contribution in [3.63, 3.8) is 0 Å². The number of ether oxygens (including phenoxy) is 2. The Balaban J connectivity index is 1.60. The highest BCUT2D eigenvalue weighted by atomic mass is 35.5. The van der Waals surface area contributed by atoms with E-state index in [2.05, 4.69) is 34.5 Å². The molecule has 2 aromatic carbocycles. The zero-order valence-electron chi connectivity index (χ0n) is 14.9. The van der Waals surface area contributed by atoms with Crippen LogP contribution in [0.5, 0.6) is 5.75 Å². The fourth-order valence-corrected chi connectivity index (χ4v) is 3.51. The number of nitrogens with one attached hydrogen (secondary N) is 1. The van der Waals surface area contributed by atoms with Crippen LogP contribution in [0.25, 0.3) is 0 Å². The minimum absolute atomic E-state index is 0.547. The molecule has 1 aliphatic rings. The molecule has 0 unspecified atom stereocenters. The Kier molecular flexibility index (Phi) is 6.89. The molecular formula is C20H24Cl2N2O2. The van der Waals surface area contributed by atoms with Crippen molar-refractivity contribution in [3.05, 3.63) is 52.0 Å². The number of halogens is 2. The van der Waals surface area contributed by atoms with Crippen molar-refractivity contribution in [2.45, 2.75) is 19.9 Å². The summed E-state index contributed by atoms with van der Waals surface area (Å²) in [6.07, 6.45) is 0.913. The molecule has 0 spiro atoms. The Morgan fingerprint density at radius 3 is 2.35 bits per heavy atom. The summed E-state index contributed by atoms with van der Waals surface area (Å²) in [4.78, 5) is 2.34. The standard InChI is InChI=1S/C20H24Cl2N2O2/c1-2-9-26-20-18(21)12-15(13-19(20)22)14-23-16-3-5-17(6-4-16)24-7-10-25-11-8-24/h3-6,12-13,23H,2,7-11,14H2,1H3. The predicted octanol–water partition coefficient (Wildman–Crippen LogP) is 5.23. The molecule has 0 amide bonds. The van der Waals surface area contributed by atoms with Crippen molar-refractivity contribution in [2.75, 3.05) is 43.1 Å². The second-order valence-corrected chi connectivity index (χ2v) is 7.05. The van der Waals surface area contributed by atoms with E-state index in [0.29, 0.717) is 28.9 Å². The van der Waals surface area contributed by atoms with Gasteiger partial charge in [0.05, 0.1) is 29.9 Å². The van der Waals surface area contributed by atoms with Gasteiger partial charge < -0.3 is 19.7 Å². The van der Waals surface area contributed by atoms with Crippen LogP contribution in [0.2, 0.25) is 10.0 Å². The van der Waals surface area contributed by atoms with Crippen molar-refractivity contribution in [2.24, 2.45) is 0 Å². The number of nitrogens with zero attached hydrogens (tertiary/aromatic N) is 1. The summed E-state index contributed by atoms with van der Waals surface area (Å²) in [6.45, 7) is 6.76. The van der Waals surface area contributed by atoms with Crippen LogP contribution in [-0.2, 0) is 11.3 Å². The SMILES string of the molecule is CCCOc1c(Cl)cc(CNc2ccc(N3CCOCC3)cc2)cc1Cl. The molecule has 1 aliphatic heterocycles. The molecule has 0 radical (unpaired) electrons. The maximum absolute atomic E-state index is 6.31. The Morgan fingerprint density at radius 1 is 1.08 bits per heavy atom. The van der Waals surface area contributed by atoms with E-state index in [1.807, 2.05) is 19.1 Å². The van der Waals surface area contributed by atoms with Gasteiger partial charge in [-0.25, -0.2) is 0 Å². The highest BCUT2D eigenvalue weighted by Crippen LogP contribution is 2.34. The third-order valence-corrected chi connectivity index (χ3v) is 4.81. The van der Waals surface area contributed by atoms with Gasteiger partial charge in [-0.1, -0.05) is 30.1 Å². The zero-order chi connectivity index (χ0) is 18.4. The minimum Gasteiger partial charge on any atom is -0.490 e. The molecular weight excluding hydrogens is 371 g/mol. The Labute approximate surface area is 165 Å². The fourth-order valence-electron chi connectivity index (χ4n) is 2.87. The molecule has 0 aromatic heterocycles. The van der Waals surface area contributed by atoms with E-state index < -0.39 is 0 Å². The van der Waals surface area contributed by atoms with E-state index in [1.165, 1.54) is 5.69 Å². The van der Waals surface area contributed by atoms with Crippen molar-refractivity contribution in [1.29, 1.82) is 0 Å². The van der Waals surface area contributed by atoms with Gasteiger partial charge in [-0.3, -0.25) is 0 Å². The maximum Gasteiger partial charge on any atom is 0.156 e. The zero-order valence-corrected chi connectivity index (χ0v) is 16.4. The summed E-state index contributed by atoms with van der Waals surface area (Å²) in [5.74, 6) is 0.564. The van der Waals surface area contributed by atoms with Crippen molar-refractivity contribution in [1.82, 2.24) is 0 Å². The second-order valence-electron chi connectivity index (χ2n) is 6.24. The van der Waals surface area contributed by atoms with Gasteiger partial charge in [0.2, 0.25) is 0 Å². The van der Waals surface area contributed by atoms with Crippen LogP contribution in [0.4, 0.5) is 11.4 Å². The predicted molar refractivity (Wildman–Crippen MR) is 109 cm³/mol. The average molecular weight is 395 g/mol. The Bertz CT molecular complexity index is 693. The van der Waals surface area contributed by atoms with Gasteiger partial charge in [-0.05, 0) is 48.4 Å². The molecule has 1 N–H and O–H groups in total. The van der Waals surface area contributed by atoms with Crippen LogP contribution < -0.4 is 15.0 Å². The van der Waals surface area contributed by atoms with Gasteiger partial charge in [0.1, 0.15) is 0 Å². The quantitative estimate of drug-likeness (QED) is 0.696. The molecule has 2 aromatic rings. The molecule has 4 nitrogen and oxygen atoms in total. The van der Waals surface area contributed by atoms with E-state index in [0.717, 1.165) is 44.0 Å². The number of hydrogen-bond acceptors (Lipinski definition) is 4. The second kappa shape index (κ2) is 9.36. The number of hydrogen-bond donors (Lipinski definition) is 1. The lowest BCUT2D eigenvalue weighted by molar-refractivity contribution is 0.122. The van der Waals surface area contributed by atoms with Crippen molar-refractivity contribution in [3.8, 4) is 5.75 Å². The topological polar surface area (TPSA) is 33.7 Å². The minimum atomic E-state index is 0.547. The fraction of sp³-hybridized carbons (Fsp3) is 0.400. The molecule has 26 heavy (non-hydrogen) atoms. The first-order valence-corrected chi connectivity index (χ1v) is 9.70. The van der Waals surface area contributed by atoms with Crippen LogP contribution in [0.1, 0.15) is 18.9 Å². The Hall–Kier alpha value is -1.62. The van der Waals surface area contributed by atoms with Gasteiger partial charge in [-0.2, -0.15) is 0 Å². The monoisotopic (exact) mass is 394 g/mol. The number of morpholine rings is 1. The lowest BCUT2D eigenvalue weighted by Crippen LogP contribution is -2.36. The van der Waals surface area contributed by atoms with E-state index in [-0.39, 0.29) is 0 Å². The smallest absolute Gasteiger partial charge is 0.156 e. The third kappa shape index (κ3) is 4.97. The van der Waals surface area contributed by atoms with Crippen LogP contribution in [0, 0.1) is 0 Å². The van der Waals surface area contributed by atoms with Crippen molar-refractivity contribution < 1.29 is 9.47 Å². The summed E-state index contributed by atoms with van der Waals surface area (Å²) >= 11 is 12.6. The molecule has 0 aliphatic carbocycles. The molecule has 1 heterocycles. The van der Waals surface area contributed by atoms with Crippen LogP contribution in [0.15, 0.2) is 36.4 Å². The summed E-state index contributed by atoms with van der Waals surface area (Å²) in [5, 5.41) is 4.50. The molecule has 140 valence electrons. The van der Waals surface area contributed by atoms with Gasteiger partial charge in [-0.15, -0.1) is 0 Å². The number of rotatable bonds is 7. The molecule has 0 bridgehead atoms. The largest absolute Gasteiger partial charge is 0.490 e. The number of benzene rings is 2. The van der Waals surface area contributed by atoms with Gasteiger partial charge in [0.15, 0.2) is 5.75 Å². The normalized spacial score (nSPS) is 14.3. The first-order chi connectivity index (χ1) is 12.7. The van der Waals surface area contributed by atoms with Gasteiger partial charge in [0, 0.05) is 31.0 Å². The van der Waals surface area contributed by atoms with Gasteiger partial charge in [0.25, 0.3) is 0 Å². The highest BCUT2D eigenvalue weighted by molar-refractivity contribution is 6.37. The first-order valence-electron chi connectivity index (χ1n) is 8.94. The lowest BCUT2D eigenvalue weighted by atomic mass is 10.2. The van der Waals surface area contributed by atoms with E-state index in [1.54, 1.807) is 0 Å². The van der Waals surface area contributed by atoms with E-state index in [4.69, 9.17) is 32.7 Å². The summed E-state index contributed by atoms with van der Waals surface area (Å²) in [6, 6.07) is 12.2. The van der Waals surface area contributed by atoms with Crippen LogP contribution in [-0.4, -0.2) is 32.9 Å². The molecule has 6 heteroatoms. The third-order valence-electron chi connectivity index (χ3n) is 4.25. The molecule has 0 saturated carbocycles. The van der Waals surface area contributed by atoms with E-state index >= 15 is 0 Å². The molecule has 0 atom stereocenters. The highest BCUT2D eigenvalue weighted by Gasteiger charge is 2.11. The molecule has 1 saturated heterocycles. The summed E-state index contributed by atoms with van der Waals surface area (Å²) in [7, 11) is 0. The first kappa shape index (κ1) is 19.2. The maximum atomic E-state index is 6.31. The van der Waals surface area contributed by atoms with E-state index in [9.17, 15) is 0 Å². The van der Waals surface area contributed by atoms with Gasteiger partial charge >= 0.3 is 0 Å². The summed E-state index contributed by atoms with van der Waals surface area (Å²) < 4.78 is 11.0. The molecule has 1 fully saturated rings.